The standard InChI is InChI=1S/C23H19Br2FN2O/c1-13-2-4-14(5-3-13)20-12-21(18-11-16(25)7-9-22(18)29)28-23(27-20)17-10-15(24)6-8-19(17)26/h2-11,21,23,28-29H,12H2,1H3/t21-,23+/m0/s1. The number of benzene rings is 3. The van der Waals surface area contributed by atoms with Gasteiger partial charge in [-0.3, -0.25) is 10.3 Å². The quantitative estimate of drug-likeness (QED) is 0.411. The van der Waals surface area contributed by atoms with Gasteiger partial charge in [0, 0.05) is 38.2 Å². The molecule has 0 radical (unpaired) electrons. The molecule has 0 saturated carbocycles. The maximum Gasteiger partial charge on any atom is 0.129 e. The highest BCUT2D eigenvalue weighted by molar-refractivity contribution is 9.10. The second-order valence-corrected chi connectivity index (χ2v) is 8.97. The van der Waals surface area contributed by atoms with Gasteiger partial charge in [0.05, 0.1) is 0 Å². The van der Waals surface area contributed by atoms with Gasteiger partial charge in [0.1, 0.15) is 17.7 Å². The molecule has 0 fully saturated rings. The summed E-state index contributed by atoms with van der Waals surface area (Å²) in [5, 5.41) is 13.9. The Labute approximate surface area is 186 Å². The number of hydrogen-bond donors (Lipinski definition) is 2. The van der Waals surface area contributed by atoms with Crippen molar-refractivity contribution >= 4 is 37.6 Å². The van der Waals surface area contributed by atoms with Crippen LogP contribution in [-0.2, 0) is 0 Å². The minimum Gasteiger partial charge on any atom is -0.508 e. The van der Waals surface area contributed by atoms with Crippen LogP contribution in [0.2, 0.25) is 0 Å². The van der Waals surface area contributed by atoms with Crippen LogP contribution in [0.3, 0.4) is 0 Å². The van der Waals surface area contributed by atoms with Crippen molar-refractivity contribution in [3.8, 4) is 5.75 Å². The zero-order chi connectivity index (χ0) is 20.5. The number of halogens is 3. The van der Waals surface area contributed by atoms with Crippen LogP contribution in [0.5, 0.6) is 5.75 Å². The van der Waals surface area contributed by atoms with Gasteiger partial charge in [-0.2, -0.15) is 0 Å². The number of hydrogen-bond acceptors (Lipinski definition) is 3. The molecular weight excluding hydrogens is 499 g/mol. The van der Waals surface area contributed by atoms with E-state index in [2.05, 4.69) is 37.2 Å². The van der Waals surface area contributed by atoms with Crippen molar-refractivity contribution < 1.29 is 9.50 Å². The lowest BCUT2D eigenvalue weighted by Crippen LogP contribution is -2.33. The average Bonchev–Trinajstić information content (AvgIpc) is 2.72. The van der Waals surface area contributed by atoms with Gasteiger partial charge in [0.25, 0.3) is 0 Å². The Morgan fingerprint density at radius 3 is 2.34 bits per heavy atom. The Kier molecular flexibility index (Phi) is 5.86. The lowest BCUT2D eigenvalue weighted by atomic mass is 9.93. The van der Waals surface area contributed by atoms with E-state index in [1.165, 1.54) is 11.6 Å². The number of aliphatic imine (C=N–C) groups is 1. The van der Waals surface area contributed by atoms with E-state index in [1.807, 2.05) is 37.3 Å². The first kappa shape index (κ1) is 20.3. The first-order chi connectivity index (χ1) is 13.9. The maximum atomic E-state index is 14.6. The van der Waals surface area contributed by atoms with E-state index in [4.69, 9.17) is 4.99 Å². The maximum absolute atomic E-state index is 14.6. The first-order valence-electron chi connectivity index (χ1n) is 9.24. The zero-order valence-corrected chi connectivity index (χ0v) is 18.8. The summed E-state index contributed by atoms with van der Waals surface area (Å²) in [6.07, 6.45) is 0.0140. The monoisotopic (exact) mass is 516 g/mol. The summed E-state index contributed by atoms with van der Waals surface area (Å²) in [6, 6.07) is 18.1. The van der Waals surface area contributed by atoms with Gasteiger partial charge in [-0.05, 0) is 48.9 Å². The third kappa shape index (κ3) is 4.44. The van der Waals surface area contributed by atoms with Crippen LogP contribution in [0.4, 0.5) is 4.39 Å². The molecule has 3 aromatic carbocycles. The predicted octanol–water partition coefficient (Wildman–Crippen LogP) is 6.59. The molecule has 2 atom stereocenters. The summed E-state index contributed by atoms with van der Waals surface area (Å²) in [7, 11) is 0. The average molecular weight is 518 g/mol. The summed E-state index contributed by atoms with van der Waals surface area (Å²) in [6.45, 7) is 2.04. The van der Waals surface area contributed by atoms with Crippen molar-refractivity contribution in [1.29, 1.82) is 0 Å². The highest BCUT2D eigenvalue weighted by Crippen LogP contribution is 2.36. The molecule has 0 saturated heterocycles. The van der Waals surface area contributed by atoms with Crippen LogP contribution in [0.25, 0.3) is 0 Å². The molecule has 0 spiro atoms. The van der Waals surface area contributed by atoms with Crippen LogP contribution in [-0.4, -0.2) is 10.8 Å². The van der Waals surface area contributed by atoms with Crippen molar-refractivity contribution in [3.05, 3.63) is 97.7 Å². The van der Waals surface area contributed by atoms with E-state index in [1.54, 1.807) is 24.3 Å². The zero-order valence-electron chi connectivity index (χ0n) is 15.7. The molecule has 0 aromatic heterocycles. The molecule has 1 aliphatic rings. The Morgan fingerprint density at radius 1 is 0.966 bits per heavy atom. The van der Waals surface area contributed by atoms with Gasteiger partial charge in [-0.15, -0.1) is 0 Å². The minimum absolute atomic E-state index is 0.198. The van der Waals surface area contributed by atoms with Crippen LogP contribution in [0, 0.1) is 12.7 Å². The van der Waals surface area contributed by atoms with E-state index in [0.717, 1.165) is 25.8 Å². The number of nitrogens with one attached hydrogen (secondary N) is 1. The van der Waals surface area contributed by atoms with E-state index >= 15 is 0 Å². The molecule has 29 heavy (non-hydrogen) atoms. The Balaban J connectivity index is 1.80. The second kappa shape index (κ2) is 8.38. The largest absolute Gasteiger partial charge is 0.508 e. The van der Waals surface area contributed by atoms with Crippen molar-refractivity contribution in [2.45, 2.75) is 25.6 Å². The second-order valence-electron chi connectivity index (χ2n) is 7.14. The molecule has 0 bridgehead atoms. The van der Waals surface area contributed by atoms with Crippen molar-refractivity contribution in [2.75, 3.05) is 0 Å². The molecule has 1 aliphatic heterocycles. The van der Waals surface area contributed by atoms with Crippen LogP contribution in [0.1, 0.15) is 40.9 Å². The van der Waals surface area contributed by atoms with Gasteiger partial charge in [0.15, 0.2) is 0 Å². The van der Waals surface area contributed by atoms with Crippen molar-refractivity contribution in [2.24, 2.45) is 4.99 Å². The Bertz CT molecular complexity index is 1080. The number of nitrogens with zero attached hydrogens (tertiary/aromatic N) is 1. The van der Waals surface area contributed by atoms with Gasteiger partial charge >= 0.3 is 0 Å². The van der Waals surface area contributed by atoms with Crippen LogP contribution in [0.15, 0.2) is 74.6 Å². The normalized spacial score (nSPS) is 19.1. The number of phenols is 1. The van der Waals surface area contributed by atoms with Gasteiger partial charge in [0.2, 0.25) is 0 Å². The number of phenolic OH excluding ortho intramolecular Hbond substituents is 1. The lowest BCUT2D eigenvalue weighted by Gasteiger charge is -2.31. The summed E-state index contributed by atoms with van der Waals surface area (Å²) in [5.41, 5.74) is 4.25. The number of rotatable bonds is 3. The Morgan fingerprint density at radius 2 is 1.62 bits per heavy atom. The third-order valence-electron chi connectivity index (χ3n) is 5.04. The molecule has 6 heteroatoms. The van der Waals surface area contributed by atoms with E-state index in [0.29, 0.717) is 12.0 Å². The van der Waals surface area contributed by atoms with Crippen LogP contribution >= 0.6 is 31.9 Å². The molecule has 3 aromatic rings. The molecule has 1 heterocycles. The fourth-order valence-corrected chi connectivity index (χ4v) is 4.27. The SMILES string of the molecule is Cc1ccc(C2=N[C@@H](c3cc(Br)ccc3F)N[C@H](c3cc(Br)ccc3O)C2)cc1. The van der Waals surface area contributed by atoms with E-state index in [9.17, 15) is 9.50 Å². The fourth-order valence-electron chi connectivity index (χ4n) is 3.51. The van der Waals surface area contributed by atoms with Gasteiger partial charge in [-0.25, -0.2) is 4.39 Å². The highest BCUT2D eigenvalue weighted by atomic mass is 79.9. The molecule has 4 rings (SSSR count). The first-order valence-corrected chi connectivity index (χ1v) is 10.8. The Hall–Kier alpha value is -2.02. The fraction of sp³-hybridized carbons (Fsp3) is 0.174. The topological polar surface area (TPSA) is 44.6 Å². The summed E-state index contributed by atoms with van der Waals surface area (Å²) < 4.78 is 16.3. The molecule has 148 valence electrons. The number of aromatic hydroxyl groups is 1. The molecule has 2 N–H and O–H groups in total. The van der Waals surface area contributed by atoms with Crippen LogP contribution < -0.4 is 5.32 Å². The highest BCUT2D eigenvalue weighted by Gasteiger charge is 2.29. The molecule has 0 aliphatic carbocycles. The summed E-state index contributed by atoms with van der Waals surface area (Å²) >= 11 is 6.90. The minimum atomic E-state index is -0.569. The lowest BCUT2D eigenvalue weighted by molar-refractivity contribution is 0.405. The van der Waals surface area contributed by atoms with Gasteiger partial charge < -0.3 is 5.11 Å². The summed E-state index contributed by atoms with van der Waals surface area (Å²) in [5.74, 6) is -0.124. The smallest absolute Gasteiger partial charge is 0.129 e. The predicted molar refractivity (Wildman–Crippen MR) is 121 cm³/mol. The van der Waals surface area contributed by atoms with Crippen molar-refractivity contribution in [1.82, 2.24) is 5.32 Å². The van der Waals surface area contributed by atoms with Crippen molar-refractivity contribution in [3.63, 3.8) is 0 Å². The third-order valence-corrected chi connectivity index (χ3v) is 6.03. The molecule has 3 nitrogen and oxygen atoms in total. The van der Waals surface area contributed by atoms with E-state index in [-0.39, 0.29) is 17.6 Å². The molecule has 0 unspecified atom stereocenters. The summed E-state index contributed by atoms with van der Waals surface area (Å²) in [4.78, 5) is 4.83. The van der Waals surface area contributed by atoms with E-state index < -0.39 is 6.17 Å². The molecule has 0 amide bonds. The number of aryl methyl sites for hydroxylation is 1. The van der Waals surface area contributed by atoms with Gasteiger partial charge in [-0.1, -0.05) is 61.7 Å². The molecular formula is C23H19Br2FN2O.